The van der Waals surface area contributed by atoms with E-state index >= 15 is 0 Å². The van der Waals surface area contributed by atoms with Gasteiger partial charge in [0, 0.05) is 19.2 Å². The third-order valence-corrected chi connectivity index (χ3v) is 6.80. The predicted octanol–water partition coefficient (Wildman–Crippen LogP) is 3.38. The molecule has 3 heterocycles. The molecule has 0 bridgehead atoms. The van der Waals surface area contributed by atoms with Crippen molar-refractivity contribution < 1.29 is 4.79 Å². The van der Waals surface area contributed by atoms with Gasteiger partial charge in [-0.3, -0.25) is 14.0 Å². The molecule has 1 saturated heterocycles. The van der Waals surface area contributed by atoms with E-state index in [0.717, 1.165) is 54.1 Å². The van der Waals surface area contributed by atoms with Gasteiger partial charge in [-0.1, -0.05) is 18.3 Å². The first-order valence-electron chi connectivity index (χ1n) is 10.4. The monoisotopic (exact) mass is 412 g/mol. The van der Waals surface area contributed by atoms with Crippen molar-refractivity contribution in [1.82, 2.24) is 19.6 Å². The van der Waals surface area contributed by atoms with Crippen LogP contribution >= 0.6 is 11.3 Å². The topological polar surface area (TPSA) is 66.7 Å². The Morgan fingerprint density at radius 3 is 2.86 bits per heavy atom. The number of nitrogens with zero attached hydrogens (tertiary/aromatic N) is 3. The molecule has 2 aromatic heterocycles. The van der Waals surface area contributed by atoms with Gasteiger partial charge >= 0.3 is 0 Å². The number of amides is 1. The third kappa shape index (κ3) is 4.21. The molecule has 1 aliphatic heterocycles. The second-order valence-electron chi connectivity index (χ2n) is 8.26. The number of imidazole rings is 1. The van der Waals surface area contributed by atoms with Crippen molar-refractivity contribution in [3.8, 4) is 0 Å². The van der Waals surface area contributed by atoms with Crippen LogP contribution in [0.2, 0.25) is 0 Å². The number of piperidine rings is 1. The number of carbonyl (C=O) groups excluding carboxylic acids is 1. The van der Waals surface area contributed by atoms with Crippen LogP contribution in [-0.2, 0) is 0 Å². The van der Waals surface area contributed by atoms with E-state index in [1.165, 1.54) is 30.2 Å². The van der Waals surface area contributed by atoms with Crippen LogP contribution in [0.4, 0.5) is 0 Å². The van der Waals surface area contributed by atoms with Gasteiger partial charge in [-0.2, -0.15) is 0 Å². The lowest BCUT2D eigenvalue weighted by Gasteiger charge is -2.30. The molecular weight excluding hydrogens is 384 g/mol. The van der Waals surface area contributed by atoms with E-state index in [0.29, 0.717) is 16.4 Å². The average Bonchev–Trinajstić information content (AvgIpc) is 3.03. The first-order chi connectivity index (χ1) is 13.9. The normalized spacial score (nSPS) is 17.8. The number of likely N-dealkylation sites (tertiary alicyclic amines) is 1. The molecule has 4 rings (SSSR count). The zero-order chi connectivity index (χ0) is 20.5. The number of rotatable bonds is 5. The van der Waals surface area contributed by atoms with E-state index in [1.807, 2.05) is 26.0 Å². The van der Waals surface area contributed by atoms with E-state index in [-0.39, 0.29) is 11.5 Å². The summed E-state index contributed by atoms with van der Waals surface area (Å²) in [5.41, 5.74) is 3.63. The first kappa shape index (κ1) is 20.0. The van der Waals surface area contributed by atoms with Crippen molar-refractivity contribution in [3.05, 3.63) is 44.6 Å². The van der Waals surface area contributed by atoms with E-state index in [4.69, 9.17) is 0 Å². The van der Waals surface area contributed by atoms with Crippen LogP contribution in [0.15, 0.2) is 23.0 Å². The van der Waals surface area contributed by atoms with Crippen molar-refractivity contribution in [2.24, 2.45) is 5.92 Å². The standard InChI is InChI=1S/C22H28N4O2S/c1-14-6-4-8-25(13-14)9-5-7-23-21(28)19-12-20(27)26-18-11-16(3)15(2)10-17(18)24-22(26)29-19/h10-12,14H,4-9,13H2,1-3H3,(H,23,28)/t14-/m0/s1. The molecule has 6 nitrogen and oxygen atoms in total. The largest absolute Gasteiger partial charge is 0.351 e. The Kier molecular flexibility index (Phi) is 5.69. The number of hydrogen-bond donors (Lipinski definition) is 1. The molecule has 7 heteroatoms. The lowest BCUT2D eigenvalue weighted by atomic mass is 10.0. The Morgan fingerprint density at radius 1 is 1.28 bits per heavy atom. The Labute approximate surface area is 174 Å². The van der Waals surface area contributed by atoms with Crippen molar-refractivity contribution >= 4 is 33.2 Å². The van der Waals surface area contributed by atoms with Gasteiger partial charge in [-0.05, 0) is 75.4 Å². The lowest BCUT2D eigenvalue weighted by Crippen LogP contribution is -2.36. The van der Waals surface area contributed by atoms with Crippen LogP contribution in [0.5, 0.6) is 0 Å². The highest BCUT2D eigenvalue weighted by atomic mass is 32.1. The number of carbonyl (C=O) groups is 1. The maximum absolute atomic E-state index is 12.7. The first-order valence-corrected chi connectivity index (χ1v) is 11.2. The molecule has 154 valence electrons. The molecule has 1 amide bonds. The molecule has 1 fully saturated rings. The molecule has 0 unspecified atom stereocenters. The minimum Gasteiger partial charge on any atom is -0.351 e. The Morgan fingerprint density at radius 2 is 2.07 bits per heavy atom. The Hall–Kier alpha value is -2.25. The molecule has 1 aliphatic rings. The Balaban J connectivity index is 1.45. The van der Waals surface area contributed by atoms with Crippen molar-refractivity contribution in [3.63, 3.8) is 0 Å². The zero-order valence-electron chi connectivity index (χ0n) is 17.3. The van der Waals surface area contributed by atoms with Gasteiger partial charge in [0.05, 0.1) is 11.0 Å². The summed E-state index contributed by atoms with van der Waals surface area (Å²) < 4.78 is 1.60. The third-order valence-electron chi connectivity index (χ3n) is 5.82. The number of benzene rings is 1. The van der Waals surface area contributed by atoms with Gasteiger partial charge in [0.2, 0.25) is 0 Å². The van der Waals surface area contributed by atoms with Gasteiger partial charge in [0.15, 0.2) is 4.96 Å². The van der Waals surface area contributed by atoms with E-state index in [9.17, 15) is 9.59 Å². The van der Waals surface area contributed by atoms with Crippen molar-refractivity contribution in [1.29, 1.82) is 0 Å². The minimum absolute atomic E-state index is 0.193. The molecule has 3 aromatic rings. The summed E-state index contributed by atoms with van der Waals surface area (Å²) in [6.45, 7) is 10.3. The SMILES string of the molecule is Cc1cc2nc3sc(C(=O)NCCCN4CCC[C@H](C)C4)cc(=O)n3c2cc1C. The van der Waals surface area contributed by atoms with Crippen LogP contribution < -0.4 is 10.9 Å². The summed E-state index contributed by atoms with van der Waals surface area (Å²) in [7, 11) is 0. The van der Waals surface area contributed by atoms with Gasteiger partial charge in [0.25, 0.3) is 11.5 Å². The highest BCUT2D eigenvalue weighted by Gasteiger charge is 2.17. The molecule has 0 saturated carbocycles. The summed E-state index contributed by atoms with van der Waals surface area (Å²) in [6.07, 6.45) is 3.50. The van der Waals surface area contributed by atoms with Crippen LogP contribution in [0.1, 0.15) is 47.0 Å². The number of fused-ring (bicyclic) bond motifs is 3. The maximum atomic E-state index is 12.7. The molecule has 29 heavy (non-hydrogen) atoms. The molecular formula is C22H28N4O2S. The highest BCUT2D eigenvalue weighted by molar-refractivity contribution is 7.18. The maximum Gasteiger partial charge on any atom is 0.261 e. The Bertz CT molecular complexity index is 1120. The fraction of sp³-hybridized carbons (Fsp3) is 0.500. The summed E-state index contributed by atoms with van der Waals surface area (Å²) in [5.74, 6) is 0.570. The van der Waals surface area contributed by atoms with Crippen LogP contribution in [0.25, 0.3) is 16.0 Å². The van der Waals surface area contributed by atoms with Gasteiger partial charge in [0.1, 0.15) is 4.88 Å². The zero-order valence-corrected chi connectivity index (χ0v) is 18.1. The summed E-state index contributed by atoms with van der Waals surface area (Å²) in [4.78, 5) is 33.3. The van der Waals surface area contributed by atoms with E-state index in [1.54, 1.807) is 4.40 Å². The number of aromatic nitrogens is 2. The van der Waals surface area contributed by atoms with Crippen LogP contribution in [0.3, 0.4) is 0 Å². The second kappa shape index (κ2) is 8.24. The average molecular weight is 413 g/mol. The number of aryl methyl sites for hydroxylation is 2. The fourth-order valence-electron chi connectivity index (χ4n) is 4.09. The van der Waals surface area contributed by atoms with E-state index < -0.39 is 0 Å². The van der Waals surface area contributed by atoms with Crippen LogP contribution in [-0.4, -0.2) is 46.4 Å². The minimum atomic E-state index is -0.211. The van der Waals surface area contributed by atoms with E-state index in [2.05, 4.69) is 22.1 Å². The second-order valence-corrected chi connectivity index (χ2v) is 9.27. The van der Waals surface area contributed by atoms with Crippen molar-refractivity contribution in [2.45, 2.75) is 40.0 Å². The highest BCUT2D eigenvalue weighted by Crippen LogP contribution is 2.22. The van der Waals surface area contributed by atoms with Gasteiger partial charge in [-0.15, -0.1) is 0 Å². The number of hydrogen-bond acceptors (Lipinski definition) is 5. The molecule has 0 radical (unpaired) electrons. The molecule has 0 spiro atoms. The lowest BCUT2D eigenvalue weighted by molar-refractivity contribution is 0.0954. The smallest absolute Gasteiger partial charge is 0.261 e. The number of nitrogens with one attached hydrogen (secondary N) is 1. The van der Waals surface area contributed by atoms with Crippen molar-refractivity contribution in [2.75, 3.05) is 26.2 Å². The predicted molar refractivity (Wildman–Crippen MR) is 118 cm³/mol. The van der Waals surface area contributed by atoms with Gasteiger partial charge in [-0.25, -0.2) is 4.98 Å². The summed E-state index contributed by atoms with van der Waals surface area (Å²) >= 11 is 1.26. The van der Waals surface area contributed by atoms with Crippen LogP contribution in [0, 0.1) is 19.8 Å². The fourth-order valence-corrected chi connectivity index (χ4v) is 5.03. The quantitative estimate of drug-likeness (QED) is 0.653. The van der Waals surface area contributed by atoms with Gasteiger partial charge < -0.3 is 10.2 Å². The molecule has 1 aromatic carbocycles. The molecule has 0 aliphatic carbocycles. The molecule has 1 atom stereocenters. The molecule has 1 N–H and O–H groups in total. The summed E-state index contributed by atoms with van der Waals surface area (Å²) in [5, 5.41) is 2.96. The summed E-state index contributed by atoms with van der Waals surface area (Å²) in [6, 6.07) is 5.40.